The molecule has 3 N–H and O–H groups in total. The molecule has 3 rings (SSSR count). The lowest BCUT2D eigenvalue weighted by atomic mass is 9.97. The summed E-state index contributed by atoms with van der Waals surface area (Å²) in [6.07, 6.45) is 3.94. The van der Waals surface area contributed by atoms with Gasteiger partial charge in [-0.15, -0.1) is 0 Å². The number of carbonyl (C=O) groups is 4. The van der Waals surface area contributed by atoms with Crippen LogP contribution in [0.25, 0.3) is 0 Å². The number of carbonyl (C=O) groups excluding carboxylic acids is 4. The second-order valence-electron chi connectivity index (χ2n) is 9.96. The highest BCUT2D eigenvalue weighted by molar-refractivity contribution is 6.01. The van der Waals surface area contributed by atoms with Crippen molar-refractivity contribution in [3.63, 3.8) is 0 Å². The summed E-state index contributed by atoms with van der Waals surface area (Å²) in [5, 5.41) is 8.42. The fourth-order valence-corrected chi connectivity index (χ4v) is 4.61. The number of piperidine rings is 1. The van der Waals surface area contributed by atoms with Gasteiger partial charge in [0, 0.05) is 20.1 Å². The first-order valence-electron chi connectivity index (χ1n) is 13.4. The summed E-state index contributed by atoms with van der Waals surface area (Å²) < 4.78 is 5.84. The van der Waals surface area contributed by atoms with Crippen molar-refractivity contribution in [1.29, 1.82) is 0 Å². The zero-order valence-electron chi connectivity index (χ0n) is 22.3. The maximum Gasteiger partial charge on any atom is 0.255 e. The molecule has 1 fully saturated rings. The van der Waals surface area contributed by atoms with Crippen molar-refractivity contribution in [2.45, 2.75) is 58.0 Å². The summed E-state index contributed by atoms with van der Waals surface area (Å²) in [6, 6.07) is 4.89. The highest BCUT2D eigenvalue weighted by atomic mass is 16.5. The second kappa shape index (κ2) is 14.0. The minimum atomic E-state index is -1.10. The minimum absolute atomic E-state index is 0.111. The Labute approximate surface area is 219 Å². The minimum Gasteiger partial charge on any atom is -0.491 e. The third-order valence-corrected chi connectivity index (χ3v) is 7.17. The van der Waals surface area contributed by atoms with E-state index < -0.39 is 29.8 Å². The second-order valence-corrected chi connectivity index (χ2v) is 9.96. The number of hydrogen-bond acceptors (Lipinski definition) is 6. The lowest BCUT2D eigenvalue weighted by Gasteiger charge is -2.29. The molecule has 37 heavy (non-hydrogen) atoms. The number of rotatable bonds is 6. The van der Waals surface area contributed by atoms with Gasteiger partial charge in [-0.05, 0) is 44.0 Å². The maximum atomic E-state index is 13.2. The van der Waals surface area contributed by atoms with Crippen LogP contribution in [0.4, 0.5) is 0 Å². The Bertz CT molecular complexity index is 949. The van der Waals surface area contributed by atoms with Gasteiger partial charge in [-0.2, -0.15) is 0 Å². The van der Waals surface area contributed by atoms with Crippen molar-refractivity contribution in [3.8, 4) is 5.75 Å². The van der Waals surface area contributed by atoms with Crippen LogP contribution in [0.1, 0.15) is 56.3 Å². The van der Waals surface area contributed by atoms with Gasteiger partial charge in [0.05, 0.1) is 18.5 Å². The van der Waals surface area contributed by atoms with E-state index >= 15 is 0 Å². The monoisotopic (exact) mass is 515 g/mol. The fourth-order valence-electron chi connectivity index (χ4n) is 4.61. The van der Waals surface area contributed by atoms with E-state index in [-0.39, 0.29) is 30.4 Å². The lowest BCUT2D eigenvalue weighted by Crippen LogP contribution is -2.54. The van der Waals surface area contributed by atoms with Crippen molar-refractivity contribution in [2.75, 3.05) is 46.4 Å². The number of likely N-dealkylation sites (N-methyl/N-ethyl adjacent to an activating group) is 1. The molecule has 0 bridgehead atoms. The average molecular weight is 516 g/mol. The van der Waals surface area contributed by atoms with Crippen molar-refractivity contribution >= 4 is 23.6 Å². The molecule has 4 amide bonds. The zero-order valence-corrected chi connectivity index (χ0v) is 22.3. The van der Waals surface area contributed by atoms with Crippen molar-refractivity contribution < 1.29 is 23.9 Å². The van der Waals surface area contributed by atoms with E-state index in [9.17, 15) is 19.2 Å². The van der Waals surface area contributed by atoms with E-state index in [2.05, 4.69) is 20.9 Å². The van der Waals surface area contributed by atoms with Crippen LogP contribution in [0.3, 0.4) is 0 Å². The third-order valence-electron chi connectivity index (χ3n) is 7.17. The predicted octanol–water partition coefficient (Wildman–Crippen LogP) is 1.16. The number of benzene rings is 1. The van der Waals surface area contributed by atoms with Gasteiger partial charge in [0.15, 0.2) is 0 Å². The van der Waals surface area contributed by atoms with E-state index in [1.165, 1.54) is 11.3 Å². The molecule has 0 radical (unpaired) electrons. The summed E-state index contributed by atoms with van der Waals surface area (Å²) in [7, 11) is 1.66. The molecule has 1 aromatic rings. The van der Waals surface area contributed by atoms with E-state index in [0.29, 0.717) is 31.8 Å². The summed E-state index contributed by atoms with van der Waals surface area (Å²) in [5.74, 6) is -1.38. The first-order valence-corrected chi connectivity index (χ1v) is 13.4. The average Bonchev–Trinajstić information content (AvgIpc) is 2.90. The predicted molar refractivity (Wildman–Crippen MR) is 140 cm³/mol. The van der Waals surface area contributed by atoms with Crippen LogP contribution in [-0.4, -0.2) is 91.9 Å². The molecule has 0 spiro atoms. The first-order chi connectivity index (χ1) is 17.8. The van der Waals surface area contributed by atoms with E-state index in [4.69, 9.17) is 4.74 Å². The Morgan fingerprint density at radius 2 is 1.84 bits per heavy atom. The largest absolute Gasteiger partial charge is 0.491 e. The number of amides is 4. The molecule has 0 aromatic heterocycles. The summed E-state index contributed by atoms with van der Waals surface area (Å²) in [5.41, 5.74) is 0.262. The van der Waals surface area contributed by atoms with Crippen molar-refractivity contribution in [2.24, 2.45) is 5.92 Å². The van der Waals surface area contributed by atoms with Gasteiger partial charge in [0.2, 0.25) is 17.7 Å². The molecule has 1 saturated heterocycles. The molecule has 0 unspecified atom stereocenters. The van der Waals surface area contributed by atoms with Gasteiger partial charge in [0.25, 0.3) is 5.91 Å². The summed E-state index contributed by atoms with van der Waals surface area (Å²) in [4.78, 5) is 56.4. The Hall–Kier alpha value is -3.14. The SMILES string of the molecule is CC[C@H](C)[C@@H]1NC(=O)C[C@@H](C(=O)NCCN2CCCCC2)NC(=O)c2ccccc2OCCN(C)C1=O. The third kappa shape index (κ3) is 8.18. The highest BCUT2D eigenvalue weighted by Crippen LogP contribution is 2.19. The molecule has 2 aliphatic rings. The molecule has 10 heteroatoms. The van der Waals surface area contributed by atoms with Gasteiger partial charge in [-0.3, -0.25) is 19.2 Å². The van der Waals surface area contributed by atoms with Crippen LogP contribution < -0.4 is 20.7 Å². The van der Waals surface area contributed by atoms with Crippen LogP contribution in [0.5, 0.6) is 5.75 Å². The maximum absolute atomic E-state index is 13.2. The molecule has 1 aromatic carbocycles. The lowest BCUT2D eigenvalue weighted by molar-refractivity contribution is -0.137. The Morgan fingerprint density at radius 1 is 1.11 bits per heavy atom. The Kier molecular flexibility index (Phi) is 10.7. The van der Waals surface area contributed by atoms with Crippen LogP contribution >= 0.6 is 0 Å². The van der Waals surface area contributed by atoms with E-state index in [1.807, 2.05) is 13.8 Å². The number of fused-ring (bicyclic) bond motifs is 1. The topological polar surface area (TPSA) is 120 Å². The zero-order chi connectivity index (χ0) is 26.8. The highest BCUT2D eigenvalue weighted by Gasteiger charge is 2.32. The number of ether oxygens (including phenoxy) is 1. The Morgan fingerprint density at radius 3 is 2.57 bits per heavy atom. The molecule has 3 atom stereocenters. The molecular formula is C27H41N5O5. The number of hydrogen-bond donors (Lipinski definition) is 3. The van der Waals surface area contributed by atoms with Crippen LogP contribution in [-0.2, 0) is 14.4 Å². The van der Waals surface area contributed by atoms with E-state index in [1.54, 1.807) is 31.3 Å². The molecule has 10 nitrogen and oxygen atoms in total. The standard InChI is InChI=1S/C27H41N5O5/c1-4-19(2)24-27(36)31(3)16-17-37-22-11-7-6-10-20(22)25(34)29-21(18-23(33)30-24)26(35)28-12-15-32-13-8-5-9-14-32/h6-7,10-11,19,21,24H,4-5,8-9,12-18H2,1-3H3,(H,28,35)(H,29,34)(H,30,33)/t19-,21-,24-/m0/s1. The van der Waals surface area contributed by atoms with Gasteiger partial charge >= 0.3 is 0 Å². The molecular weight excluding hydrogens is 474 g/mol. The van der Waals surface area contributed by atoms with Gasteiger partial charge < -0.3 is 30.5 Å². The molecule has 0 aliphatic carbocycles. The molecule has 0 saturated carbocycles. The van der Waals surface area contributed by atoms with Crippen LogP contribution in [0, 0.1) is 5.92 Å². The van der Waals surface area contributed by atoms with Crippen molar-refractivity contribution in [1.82, 2.24) is 25.8 Å². The van der Waals surface area contributed by atoms with Crippen LogP contribution in [0.15, 0.2) is 24.3 Å². The quantitative estimate of drug-likeness (QED) is 0.523. The van der Waals surface area contributed by atoms with E-state index in [0.717, 1.165) is 25.9 Å². The van der Waals surface area contributed by atoms with Gasteiger partial charge in [-0.1, -0.05) is 38.8 Å². The molecule has 204 valence electrons. The first kappa shape index (κ1) is 28.4. The summed E-state index contributed by atoms with van der Waals surface area (Å²) >= 11 is 0. The smallest absolute Gasteiger partial charge is 0.255 e. The fraction of sp³-hybridized carbons (Fsp3) is 0.630. The van der Waals surface area contributed by atoms with Gasteiger partial charge in [-0.25, -0.2) is 0 Å². The number of likely N-dealkylation sites (tertiary alicyclic amines) is 1. The normalized spacial score (nSPS) is 23.1. The van der Waals surface area contributed by atoms with Crippen LogP contribution in [0.2, 0.25) is 0 Å². The van der Waals surface area contributed by atoms with Gasteiger partial charge in [0.1, 0.15) is 24.4 Å². The molecule has 2 heterocycles. The number of para-hydroxylation sites is 1. The Balaban J connectivity index is 1.80. The van der Waals surface area contributed by atoms with Crippen molar-refractivity contribution in [3.05, 3.63) is 29.8 Å². The summed E-state index contributed by atoms with van der Waals surface area (Å²) in [6.45, 7) is 7.47. The number of nitrogens with zero attached hydrogens (tertiary/aromatic N) is 2. The molecule has 2 aliphatic heterocycles. The number of nitrogens with one attached hydrogen (secondary N) is 3.